The predicted molar refractivity (Wildman–Crippen MR) is 98.1 cm³/mol. The van der Waals surface area contributed by atoms with Gasteiger partial charge in [-0.3, -0.25) is 9.98 Å². The summed E-state index contributed by atoms with van der Waals surface area (Å²) in [6, 6.07) is 13.0. The minimum atomic E-state index is 0.0124. The third-order valence-corrected chi connectivity index (χ3v) is 6.19. The first-order valence-electron chi connectivity index (χ1n) is 8.64. The van der Waals surface area contributed by atoms with Crippen molar-refractivity contribution in [3.05, 3.63) is 53.9 Å². The molecular weight excluding hydrogens is 334 g/mol. The molecule has 0 aliphatic carbocycles. The third-order valence-electron chi connectivity index (χ3n) is 5.07. The Morgan fingerprint density at radius 1 is 1.20 bits per heavy atom. The second-order valence-corrected chi connectivity index (χ2v) is 7.44. The summed E-state index contributed by atoms with van der Waals surface area (Å²) in [5.41, 5.74) is 2.22. The van der Waals surface area contributed by atoms with Crippen LogP contribution in [0.15, 0.2) is 47.6 Å². The molecule has 6 heteroatoms. The zero-order valence-electron chi connectivity index (χ0n) is 14.0. The largest absolute Gasteiger partial charge is 0.454 e. The van der Waals surface area contributed by atoms with Gasteiger partial charge >= 0.3 is 0 Å². The van der Waals surface area contributed by atoms with E-state index < -0.39 is 0 Å². The van der Waals surface area contributed by atoms with E-state index in [9.17, 15) is 0 Å². The van der Waals surface area contributed by atoms with Crippen LogP contribution in [0.1, 0.15) is 36.7 Å². The smallest absolute Gasteiger partial charge is 0.231 e. The topological polar surface area (TPSA) is 47.0 Å². The van der Waals surface area contributed by atoms with Gasteiger partial charge in [0.2, 0.25) is 6.79 Å². The lowest BCUT2D eigenvalue weighted by Gasteiger charge is -2.32. The molecule has 3 atom stereocenters. The fourth-order valence-electron chi connectivity index (χ4n) is 3.81. The van der Waals surface area contributed by atoms with E-state index >= 15 is 0 Å². The Kier molecular flexibility index (Phi) is 3.59. The van der Waals surface area contributed by atoms with Crippen LogP contribution in [-0.2, 0) is 0 Å². The molecule has 0 radical (unpaired) electrons. The van der Waals surface area contributed by atoms with Crippen LogP contribution >= 0.6 is 11.8 Å². The average molecular weight is 353 g/mol. The highest BCUT2D eigenvalue weighted by atomic mass is 32.2. The molecule has 5 rings (SSSR count). The Morgan fingerprint density at radius 2 is 2.12 bits per heavy atom. The number of fused-ring (bicyclic) bond motifs is 2. The molecule has 5 nitrogen and oxygen atoms in total. The number of ether oxygens (including phenoxy) is 2. The Morgan fingerprint density at radius 3 is 2.96 bits per heavy atom. The molecule has 3 aliphatic rings. The molecule has 1 saturated heterocycles. The van der Waals surface area contributed by atoms with E-state index in [0.29, 0.717) is 12.8 Å². The molecule has 25 heavy (non-hydrogen) atoms. The molecule has 0 amide bonds. The third kappa shape index (κ3) is 2.39. The lowest BCUT2D eigenvalue weighted by Crippen LogP contribution is -2.35. The Labute approximate surface area is 151 Å². The van der Waals surface area contributed by atoms with Crippen molar-refractivity contribution < 1.29 is 9.47 Å². The molecular formula is C19H19N3O2S. The van der Waals surface area contributed by atoms with E-state index in [1.807, 2.05) is 36.2 Å². The first kappa shape index (κ1) is 15.1. The van der Waals surface area contributed by atoms with Crippen LogP contribution in [0.4, 0.5) is 0 Å². The highest BCUT2D eigenvalue weighted by Crippen LogP contribution is 2.49. The van der Waals surface area contributed by atoms with E-state index in [1.165, 1.54) is 5.56 Å². The molecule has 2 aromatic rings. The first-order valence-corrected chi connectivity index (χ1v) is 9.63. The van der Waals surface area contributed by atoms with Gasteiger partial charge in [-0.15, -0.1) is 0 Å². The normalized spacial score (nSPS) is 26.7. The van der Waals surface area contributed by atoms with Gasteiger partial charge in [0.05, 0.1) is 11.7 Å². The number of hydrogen-bond acceptors (Lipinski definition) is 6. The van der Waals surface area contributed by atoms with Gasteiger partial charge < -0.3 is 14.4 Å². The lowest BCUT2D eigenvalue weighted by molar-refractivity contribution is 0.173. The van der Waals surface area contributed by atoms with Crippen LogP contribution in [0.3, 0.4) is 0 Å². The number of nitrogens with zero attached hydrogens (tertiary/aromatic N) is 3. The second-order valence-electron chi connectivity index (χ2n) is 6.45. The Bertz CT molecular complexity index is 827. The molecule has 0 N–H and O–H groups in total. The molecule has 0 unspecified atom stereocenters. The summed E-state index contributed by atoms with van der Waals surface area (Å²) >= 11 is 1.86. The molecule has 4 heterocycles. The fraction of sp³-hybridized carbons (Fsp3) is 0.368. The van der Waals surface area contributed by atoms with Crippen molar-refractivity contribution in [1.82, 2.24) is 9.88 Å². The number of hydrogen-bond donors (Lipinski definition) is 0. The number of benzene rings is 1. The molecule has 128 valence electrons. The Balaban J connectivity index is 1.60. The summed E-state index contributed by atoms with van der Waals surface area (Å²) in [6.07, 6.45) is 2.96. The minimum absolute atomic E-state index is 0.0124. The quantitative estimate of drug-likeness (QED) is 0.840. The van der Waals surface area contributed by atoms with Crippen LogP contribution in [0.25, 0.3) is 0 Å². The predicted octanol–water partition coefficient (Wildman–Crippen LogP) is 3.79. The maximum absolute atomic E-state index is 5.61. The van der Waals surface area contributed by atoms with E-state index in [1.54, 1.807) is 0 Å². The van der Waals surface area contributed by atoms with Gasteiger partial charge in [-0.1, -0.05) is 30.8 Å². The van der Waals surface area contributed by atoms with Crippen LogP contribution in [-0.4, -0.2) is 33.6 Å². The van der Waals surface area contributed by atoms with Gasteiger partial charge in [0.1, 0.15) is 6.04 Å². The fourth-order valence-corrected chi connectivity index (χ4v) is 5.14. The zero-order chi connectivity index (χ0) is 16.8. The maximum Gasteiger partial charge on any atom is 0.231 e. The molecule has 0 spiro atoms. The number of amidine groups is 1. The summed E-state index contributed by atoms with van der Waals surface area (Å²) in [5, 5.41) is 1.14. The summed E-state index contributed by atoms with van der Waals surface area (Å²) in [7, 11) is 0. The van der Waals surface area contributed by atoms with Crippen molar-refractivity contribution in [2.24, 2.45) is 4.99 Å². The number of thioether (sulfide) groups is 1. The van der Waals surface area contributed by atoms with Gasteiger partial charge in [-0.2, -0.15) is 0 Å². The summed E-state index contributed by atoms with van der Waals surface area (Å²) in [5.74, 6) is 2.75. The van der Waals surface area contributed by atoms with Gasteiger partial charge in [0.25, 0.3) is 0 Å². The van der Waals surface area contributed by atoms with E-state index in [-0.39, 0.29) is 12.1 Å². The van der Waals surface area contributed by atoms with E-state index in [0.717, 1.165) is 34.5 Å². The van der Waals surface area contributed by atoms with E-state index in [2.05, 4.69) is 35.0 Å². The summed E-state index contributed by atoms with van der Waals surface area (Å²) in [6.45, 7) is 2.55. The number of aliphatic imine (C=N–C) groups is 1. The highest BCUT2D eigenvalue weighted by molar-refractivity contribution is 8.14. The monoisotopic (exact) mass is 353 g/mol. The summed E-state index contributed by atoms with van der Waals surface area (Å²) in [4.78, 5) is 12.1. The van der Waals surface area contributed by atoms with Crippen molar-refractivity contribution in [3.63, 3.8) is 0 Å². The average Bonchev–Trinajstić information content (AvgIpc) is 3.36. The van der Waals surface area contributed by atoms with Crippen molar-refractivity contribution in [2.45, 2.75) is 31.5 Å². The number of aromatic nitrogens is 1. The maximum atomic E-state index is 5.61. The van der Waals surface area contributed by atoms with Gasteiger partial charge in [0, 0.05) is 18.0 Å². The molecule has 1 fully saturated rings. The Hall–Kier alpha value is -2.21. The zero-order valence-corrected chi connectivity index (χ0v) is 14.8. The van der Waals surface area contributed by atoms with Crippen molar-refractivity contribution in [3.8, 4) is 11.5 Å². The number of pyridine rings is 1. The highest BCUT2D eigenvalue weighted by Gasteiger charge is 2.45. The first-order chi connectivity index (χ1) is 12.3. The van der Waals surface area contributed by atoms with Gasteiger partial charge in [-0.25, -0.2) is 0 Å². The van der Waals surface area contributed by atoms with Crippen LogP contribution in [0.5, 0.6) is 11.5 Å². The molecule has 0 saturated carbocycles. The summed E-state index contributed by atoms with van der Waals surface area (Å²) < 4.78 is 11.1. The van der Waals surface area contributed by atoms with Crippen molar-refractivity contribution >= 4 is 16.9 Å². The lowest BCUT2D eigenvalue weighted by atomic mass is 9.95. The van der Waals surface area contributed by atoms with Crippen molar-refractivity contribution in [2.75, 3.05) is 12.5 Å². The standard InChI is InChI=1S/C19H19N3O2S/c1-2-13-10-25-19-21-17(14-5-3-4-8-20-14)18(22(13)19)12-6-7-15-16(9-12)24-11-23-15/h3-9,13,17-18H,2,10-11H2,1H3/t13-,17-,18-/m1/s1. The van der Waals surface area contributed by atoms with Gasteiger partial charge in [-0.05, 0) is 36.2 Å². The van der Waals surface area contributed by atoms with Crippen LogP contribution in [0, 0.1) is 0 Å². The van der Waals surface area contributed by atoms with Gasteiger partial charge in [0.15, 0.2) is 16.7 Å². The molecule has 0 bridgehead atoms. The molecule has 3 aliphatic heterocycles. The minimum Gasteiger partial charge on any atom is -0.454 e. The van der Waals surface area contributed by atoms with E-state index in [4.69, 9.17) is 14.5 Å². The second kappa shape index (κ2) is 5.95. The molecule has 1 aromatic carbocycles. The molecule has 1 aromatic heterocycles. The SMILES string of the molecule is CC[C@@H]1CSC2=N[C@H](c3ccccn3)[C@@H](c3ccc4c(c3)OCO4)N21. The van der Waals surface area contributed by atoms with Crippen molar-refractivity contribution in [1.29, 1.82) is 0 Å². The van der Waals surface area contributed by atoms with Crippen LogP contribution in [0.2, 0.25) is 0 Å². The van der Waals surface area contributed by atoms with Crippen LogP contribution < -0.4 is 9.47 Å². The number of rotatable bonds is 3.